The Balaban J connectivity index is -0.000000218. The number of carbonyl (C=O) groups is 6. The van der Waals surface area contributed by atoms with Gasteiger partial charge < -0.3 is 34.6 Å². The molecule has 0 saturated carbocycles. The molecule has 0 aliphatic carbocycles. The number of hydrogen-bond donors (Lipinski definition) is 3. The molecule has 0 rings (SSSR count). The van der Waals surface area contributed by atoms with Crippen molar-refractivity contribution in [1.29, 1.82) is 0 Å². The summed E-state index contributed by atoms with van der Waals surface area (Å²) < 4.78 is 0. The van der Waals surface area contributed by atoms with E-state index in [1.165, 1.54) is 0 Å². The maximum atomic E-state index is 11.1. The third kappa shape index (κ3) is 21.7. The SMILES string of the molecule is C[CH-]CCC(C(=O)O)C(=O)CC.C[CH-]CCC(C(=O)O)C(=O)CC.C[CH-]CCC(C(=O)O)C(=O)CC.[Fe+3]. The van der Waals surface area contributed by atoms with Crippen LogP contribution in [0.25, 0.3) is 0 Å². The standard InChI is InChI=1S/3C9H15O3.Fe/c3*1-3-5-6-7(9(11)12)8(10)4-2;/h3*3,7H,4-6H2,1-2H3,(H,11,12);/q3*-1;+3. The van der Waals surface area contributed by atoms with Crippen LogP contribution in [0.3, 0.4) is 0 Å². The summed E-state index contributed by atoms with van der Waals surface area (Å²) in [4.78, 5) is 64.9. The van der Waals surface area contributed by atoms with E-state index in [1.54, 1.807) is 20.8 Å². The van der Waals surface area contributed by atoms with E-state index in [9.17, 15) is 28.8 Å². The van der Waals surface area contributed by atoms with Crippen LogP contribution in [0.2, 0.25) is 0 Å². The molecule has 0 bridgehead atoms. The minimum absolute atomic E-state index is 0. The second kappa shape index (κ2) is 27.0. The molecular formula is C27H45FeO9. The molecular weight excluding hydrogens is 524 g/mol. The number of ketones is 3. The molecule has 9 nitrogen and oxygen atoms in total. The van der Waals surface area contributed by atoms with Gasteiger partial charge in [0.2, 0.25) is 0 Å². The van der Waals surface area contributed by atoms with Crippen molar-refractivity contribution in [2.24, 2.45) is 17.8 Å². The number of carboxylic acids is 3. The van der Waals surface area contributed by atoms with Gasteiger partial charge in [-0.05, 0) is 0 Å². The van der Waals surface area contributed by atoms with Crippen molar-refractivity contribution in [3.05, 3.63) is 19.3 Å². The van der Waals surface area contributed by atoms with Gasteiger partial charge in [-0.3, -0.25) is 28.8 Å². The van der Waals surface area contributed by atoms with Crippen molar-refractivity contribution in [2.75, 3.05) is 0 Å². The zero-order chi connectivity index (χ0) is 28.7. The van der Waals surface area contributed by atoms with Crippen LogP contribution in [-0.4, -0.2) is 50.6 Å². The summed E-state index contributed by atoms with van der Waals surface area (Å²) in [5, 5.41) is 26.0. The van der Waals surface area contributed by atoms with E-state index in [-0.39, 0.29) is 34.4 Å². The molecule has 0 aliphatic heterocycles. The van der Waals surface area contributed by atoms with Gasteiger partial charge in [-0.2, -0.15) is 40.0 Å². The molecule has 0 aromatic heterocycles. The van der Waals surface area contributed by atoms with Crippen molar-refractivity contribution >= 4 is 35.3 Å². The Labute approximate surface area is 232 Å². The Morgan fingerprint density at radius 1 is 0.514 bits per heavy atom. The quantitative estimate of drug-likeness (QED) is 0.117. The summed E-state index contributed by atoms with van der Waals surface area (Å²) in [6, 6.07) is 0. The van der Waals surface area contributed by atoms with Gasteiger partial charge in [0.15, 0.2) is 0 Å². The normalized spacial score (nSPS) is 12.2. The van der Waals surface area contributed by atoms with Crippen molar-refractivity contribution < 1.29 is 61.2 Å². The molecule has 0 amide bonds. The van der Waals surface area contributed by atoms with E-state index in [1.807, 2.05) is 40.0 Å². The number of rotatable bonds is 18. The molecule has 3 atom stereocenters. The largest absolute Gasteiger partial charge is 3.00 e. The van der Waals surface area contributed by atoms with Crippen molar-refractivity contribution in [2.45, 2.75) is 99.3 Å². The first-order valence-electron chi connectivity index (χ1n) is 12.5. The fourth-order valence-electron chi connectivity index (χ4n) is 3.01. The van der Waals surface area contributed by atoms with E-state index in [4.69, 9.17) is 15.3 Å². The van der Waals surface area contributed by atoms with Gasteiger partial charge in [0.25, 0.3) is 0 Å². The molecule has 0 aromatic rings. The van der Waals surface area contributed by atoms with E-state index in [2.05, 4.69) is 0 Å². The van der Waals surface area contributed by atoms with E-state index < -0.39 is 35.7 Å². The van der Waals surface area contributed by atoms with Gasteiger partial charge in [-0.15, -0.1) is 0 Å². The summed E-state index contributed by atoms with van der Waals surface area (Å²) in [6.07, 6.45) is 9.88. The molecule has 37 heavy (non-hydrogen) atoms. The van der Waals surface area contributed by atoms with Crippen LogP contribution in [0.5, 0.6) is 0 Å². The van der Waals surface area contributed by atoms with Crippen LogP contribution in [0.15, 0.2) is 0 Å². The maximum absolute atomic E-state index is 11.1. The maximum Gasteiger partial charge on any atom is 3.00 e. The van der Waals surface area contributed by atoms with Crippen LogP contribution in [-0.2, 0) is 45.8 Å². The van der Waals surface area contributed by atoms with Crippen LogP contribution in [0.4, 0.5) is 0 Å². The monoisotopic (exact) mass is 569 g/mol. The smallest absolute Gasteiger partial charge is 0.481 e. The van der Waals surface area contributed by atoms with Crippen molar-refractivity contribution in [3.8, 4) is 0 Å². The molecule has 3 N–H and O–H groups in total. The number of carbonyl (C=O) groups excluding carboxylic acids is 3. The average Bonchev–Trinajstić information content (AvgIpc) is 2.84. The fraction of sp³-hybridized carbons (Fsp3) is 0.667. The molecule has 0 aromatic carbocycles. The van der Waals surface area contributed by atoms with Crippen LogP contribution < -0.4 is 0 Å². The average molecular weight is 569 g/mol. The van der Waals surface area contributed by atoms with Crippen LogP contribution in [0, 0.1) is 37.0 Å². The molecule has 0 spiro atoms. The van der Waals surface area contributed by atoms with Crippen LogP contribution >= 0.6 is 0 Å². The Morgan fingerprint density at radius 2 is 0.703 bits per heavy atom. The summed E-state index contributed by atoms with van der Waals surface area (Å²) in [5.74, 6) is -5.92. The number of aliphatic carboxylic acids is 3. The zero-order valence-electron chi connectivity index (χ0n) is 23.0. The Morgan fingerprint density at radius 3 is 0.811 bits per heavy atom. The number of carboxylic acid groups (broad SMARTS) is 3. The molecule has 3 unspecified atom stereocenters. The Kier molecular flexibility index (Phi) is 30.7. The zero-order valence-corrected chi connectivity index (χ0v) is 24.1. The predicted molar refractivity (Wildman–Crippen MR) is 137 cm³/mol. The predicted octanol–water partition coefficient (Wildman–Crippen LogP) is 5.01. The van der Waals surface area contributed by atoms with Gasteiger partial charge in [0, 0.05) is 19.3 Å². The van der Waals surface area contributed by atoms with Gasteiger partial charge in [0.05, 0.1) is 0 Å². The topological polar surface area (TPSA) is 163 Å². The molecule has 10 heteroatoms. The molecule has 215 valence electrons. The summed E-state index contributed by atoms with van der Waals surface area (Å²) >= 11 is 0. The first kappa shape index (κ1) is 42.0. The second-order valence-electron chi connectivity index (χ2n) is 8.09. The Bertz CT molecular complexity index is 586. The minimum atomic E-state index is -0.997. The first-order chi connectivity index (χ1) is 16.9. The summed E-state index contributed by atoms with van der Waals surface area (Å²) in [5.41, 5.74) is 0. The molecule has 0 saturated heterocycles. The second-order valence-corrected chi connectivity index (χ2v) is 8.09. The number of unbranched alkanes of at least 4 members (excludes halogenated alkanes) is 3. The fourth-order valence-corrected chi connectivity index (χ4v) is 3.01. The number of Topliss-reactive ketones (excluding diaryl/α,β-unsaturated/α-hetero) is 3. The minimum Gasteiger partial charge on any atom is -0.481 e. The molecule has 0 heterocycles. The molecule has 0 aliphatic rings. The summed E-state index contributed by atoms with van der Waals surface area (Å²) in [6.45, 7) is 10.6. The van der Waals surface area contributed by atoms with Gasteiger partial charge in [-0.25, -0.2) is 0 Å². The molecule has 0 fully saturated rings. The van der Waals surface area contributed by atoms with Gasteiger partial charge in [-0.1, -0.05) is 40.0 Å². The first-order valence-corrected chi connectivity index (χ1v) is 12.5. The van der Waals surface area contributed by atoms with Gasteiger partial charge in [0.1, 0.15) is 35.1 Å². The van der Waals surface area contributed by atoms with Crippen molar-refractivity contribution in [3.63, 3.8) is 0 Å². The van der Waals surface area contributed by atoms with E-state index >= 15 is 0 Å². The molecule has 1 radical (unpaired) electrons. The third-order valence-electron chi connectivity index (χ3n) is 5.34. The van der Waals surface area contributed by atoms with Gasteiger partial charge >= 0.3 is 35.0 Å². The Hall–Kier alpha value is -2.06. The van der Waals surface area contributed by atoms with E-state index in [0.29, 0.717) is 57.8 Å². The van der Waals surface area contributed by atoms with Crippen molar-refractivity contribution in [1.82, 2.24) is 0 Å². The summed E-state index contributed by atoms with van der Waals surface area (Å²) in [7, 11) is 0. The third-order valence-corrected chi connectivity index (χ3v) is 5.34. The van der Waals surface area contributed by atoms with Crippen LogP contribution in [0.1, 0.15) is 99.3 Å². The number of hydrogen-bond acceptors (Lipinski definition) is 6. The van der Waals surface area contributed by atoms with E-state index in [0.717, 1.165) is 0 Å².